The normalized spacial score (nSPS) is 21.8. The summed E-state index contributed by atoms with van der Waals surface area (Å²) in [6.45, 7) is 7.03. The van der Waals surface area contributed by atoms with Gasteiger partial charge in [-0.2, -0.15) is 0 Å². The quantitative estimate of drug-likeness (QED) is 0.482. The van der Waals surface area contributed by atoms with Gasteiger partial charge in [-0.3, -0.25) is 10.1 Å². The molecular weight excluding hydrogens is 386 g/mol. The second-order valence-electron chi connectivity index (χ2n) is 9.03. The average molecular weight is 416 g/mol. The number of esters is 1. The van der Waals surface area contributed by atoms with E-state index in [4.69, 9.17) is 4.74 Å². The van der Waals surface area contributed by atoms with Crippen LogP contribution in [0.15, 0.2) is 84.9 Å². The Labute approximate surface area is 180 Å². The van der Waals surface area contributed by atoms with Gasteiger partial charge in [0.05, 0.1) is 14.1 Å². The van der Waals surface area contributed by atoms with E-state index in [1.807, 2.05) is 48.5 Å². The maximum absolute atomic E-state index is 13.0. The van der Waals surface area contributed by atoms with Crippen molar-refractivity contribution in [3.63, 3.8) is 0 Å². The molecule has 3 atom stereocenters. The number of hydrogen-bond acceptors (Lipinski definition) is 3. The molecular formula is C26H29NO2Si. The largest absolute Gasteiger partial charge is 0.454 e. The lowest BCUT2D eigenvalue weighted by atomic mass is 9.92. The molecule has 3 nitrogen and oxygen atoms in total. The van der Waals surface area contributed by atoms with E-state index in [-0.39, 0.29) is 24.2 Å². The first kappa shape index (κ1) is 20.6. The minimum absolute atomic E-state index is 0.0866. The van der Waals surface area contributed by atoms with Gasteiger partial charge in [0, 0.05) is 0 Å². The van der Waals surface area contributed by atoms with Crippen LogP contribution < -0.4 is 10.5 Å². The van der Waals surface area contributed by atoms with Crippen molar-refractivity contribution in [1.82, 2.24) is 5.32 Å². The lowest BCUT2D eigenvalue weighted by Crippen LogP contribution is -2.50. The first-order chi connectivity index (χ1) is 14.4. The zero-order valence-corrected chi connectivity index (χ0v) is 18.8. The van der Waals surface area contributed by atoms with E-state index in [9.17, 15) is 4.79 Å². The van der Waals surface area contributed by atoms with E-state index < -0.39 is 8.07 Å². The third-order valence-electron chi connectivity index (χ3n) is 5.73. The summed E-state index contributed by atoms with van der Waals surface area (Å²) in [4.78, 5) is 13.0. The molecule has 1 aliphatic heterocycles. The highest BCUT2D eigenvalue weighted by molar-refractivity contribution is 6.88. The van der Waals surface area contributed by atoms with Gasteiger partial charge >= 0.3 is 5.97 Å². The molecule has 4 heteroatoms. The Morgan fingerprint density at radius 2 is 1.47 bits per heavy atom. The molecule has 30 heavy (non-hydrogen) atoms. The molecule has 0 aromatic heterocycles. The highest BCUT2D eigenvalue weighted by Crippen LogP contribution is 2.36. The van der Waals surface area contributed by atoms with Gasteiger partial charge in [0.2, 0.25) is 0 Å². The van der Waals surface area contributed by atoms with Crippen molar-refractivity contribution < 1.29 is 9.53 Å². The molecule has 1 N–H and O–H groups in total. The standard InChI is InChI=1S/C26H29NO2Si/c1-30(2,3)22-16-10-11-19(17-22)18-23-26(28)29-25(21-14-8-5-9-15-21)24(27-23)20-12-6-4-7-13-20/h4-17,23-25,27H,18H2,1-3H3/t23-,24-,25+/m0/s1. The highest BCUT2D eigenvalue weighted by atomic mass is 28.3. The van der Waals surface area contributed by atoms with Crippen LogP contribution in [0.1, 0.15) is 28.8 Å². The Morgan fingerprint density at radius 3 is 2.10 bits per heavy atom. The van der Waals surface area contributed by atoms with Gasteiger partial charge in [-0.05, 0) is 23.1 Å². The minimum Gasteiger partial charge on any atom is -0.454 e. The zero-order chi connectivity index (χ0) is 21.1. The second-order valence-corrected chi connectivity index (χ2v) is 14.1. The SMILES string of the molecule is C[Si](C)(C)c1cccc(C[C@@H]2N[C@@H](c3ccccc3)[C@@H](c3ccccc3)OC2=O)c1. The van der Waals surface area contributed by atoms with E-state index in [1.165, 1.54) is 10.8 Å². The first-order valence-electron chi connectivity index (χ1n) is 10.6. The van der Waals surface area contributed by atoms with Crippen LogP contribution in [0.3, 0.4) is 0 Å². The Hall–Kier alpha value is -2.69. The number of benzene rings is 3. The van der Waals surface area contributed by atoms with Gasteiger partial charge in [-0.25, -0.2) is 0 Å². The molecule has 1 saturated heterocycles. The number of carbonyl (C=O) groups excluding carboxylic acids is 1. The molecule has 0 radical (unpaired) electrons. The summed E-state index contributed by atoms with van der Waals surface area (Å²) in [5.41, 5.74) is 3.31. The molecule has 0 spiro atoms. The summed E-state index contributed by atoms with van der Waals surface area (Å²) >= 11 is 0. The Balaban J connectivity index is 1.62. The van der Waals surface area contributed by atoms with Crippen LogP contribution in [0.5, 0.6) is 0 Å². The summed E-state index contributed by atoms with van der Waals surface area (Å²) in [5.74, 6) is -0.186. The molecule has 0 unspecified atom stereocenters. The van der Waals surface area contributed by atoms with Crippen LogP contribution in [0.2, 0.25) is 19.6 Å². The third kappa shape index (κ3) is 4.55. The molecule has 1 fully saturated rings. The molecule has 3 aromatic carbocycles. The van der Waals surface area contributed by atoms with Crippen molar-refractivity contribution in [2.24, 2.45) is 0 Å². The molecule has 0 bridgehead atoms. The first-order valence-corrected chi connectivity index (χ1v) is 14.1. The van der Waals surface area contributed by atoms with Crippen molar-refractivity contribution in [3.05, 3.63) is 102 Å². The van der Waals surface area contributed by atoms with Gasteiger partial charge < -0.3 is 4.74 Å². The van der Waals surface area contributed by atoms with Crippen molar-refractivity contribution in [3.8, 4) is 0 Å². The smallest absolute Gasteiger partial charge is 0.324 e. The van der Waals surface area contributed by atoms with E-state index in [2.05, 4.69) is 61.4 Å². The van der Waals surface area contributed by atoms with Crippen molar-refractivity contribution in [1.29, 1.82) is 0 Å². The summed E-state index contributed by atoms with van der Waals surface area (Å²) in [5, 5.41) is 5.02. The highest BCUT2D eigenvalue weighted by Gasteiger charge is 2.38. The van der Waals surface area contributed by atoms with Crippen LogP contribution in [0.4, 0.5) is 0 Å². The summed E-state index contributed by atoms with van der Waals surface area (Å²) in [6.07, 6.45) is 0.285. The van der Waals surface area contributed by atoms with Crippen LogP contribution in [0.25, 0.3) is 0 Å². The van der Waals surface area contributed by atoms with Gasteiger partial charge in [0.1, 0.15) is 12.1 Å². The van der Waals surface area contributed by atoms with E-state index in [0.717, 1.165) is 11.1 Å². The number of nitrogens with one attached hydrogen (secondary N) is 1. The van der Waals surface area contributed by atoms with Gasteiger partial charge in [-0.1, -0.05) is 110 Å². The average Bonchev–Trinajstić information content (AvgIpc) is 2.76. The number of carbonyl (C=O) groups is 1. The molecule has 0 aliphatic carbocycles. The fourth-order valence-electron chi connectivity index (χ4n) is 4.02. The molecule has 154 valence electrons. The zero-order valence-electron chi connectivity index (χ0n) is 17.8. The number of ether oxygens (including phenoxy) is 1. The maximum atomic E-state index is 13.0. The topological polar surface area (TPSA) is 38.3 Å². The van der Waals surface area contributed by atoms with Crippen molar-refractivity contribution in [2.75, 3.05) is 0 Å². The number of hydrogen-bond donors (Lipinski definition) is 1. The summed E-state index contributed by atoms with van der Waals surface area (Å²) in [7, 11) is -1.41. The van der Waals surface area contributed by atoms with Crippen molar-refractivity contribution >= 4 is 19.2 Å². The fraction of sp³-hybridized carbons (Fsp3) is 0.269. The minimum atomic E-state index is -1.41. The van der Waals surface area contributed by atoms with Crippen molar-refractivity contribution in [2.45, 2.75) is 44.2 Å². The van der Waals surface area contributed by atoms with Gasteiger partial charge in [0.25, 0.3) is 0 Å². The molecule has 4 rings (SSSR count). The number of cyclic esters (lactones) is 1. The van der Waals surface area contributed by atoms with Gasteiger partial charge in [-0.15, -0.1) is 0 Å². The molecule has 1 heterocycles. The van der Waals surface area contributed by atoms with Gasteiger partial charge in [0.15, 0.2) is 0 Å². The molecule has 1 aliphatic rings. The lowest BCUT2D eigenvalue weighted by molar-refractivity contribution is -0.160. The van der Waals surface area contributed by atoms with Crippen LogP contribution in [-0.2, 0) is 16.0 Å². The number of rotatable bonds is 5. The van der Waals surface area contributed by atoms with E-state index >= 15 is 0 Å². The Morgan fingerprint density at radius 1 is 0.833 bits per heavy atom. The predicted molar refractivity (Wildman–Crippen MR) is 125 cm³/mol. The third-order valence-corrected chi connectivity index (χ3v) is 7.77. The predicted octanol–water partition coefficient (Wildman–Crippen LogP) is 4.77. The molecule has 0 amide bonds. The summed E-state index contributed by atoms with van der Waals surface area (Å²) in [6, 6.07) is 28.5. The molecule has 0 saturated carbocycles. The lowest BCUT2D eigenvalue weighted by Gasteiger charge is -2.37. The van der Waals surface area contributed by atoms with E-state index in [0.29, 0.717) is 6.42 Å². The number of morpholine rings is 1. The Bertz CT molecular complexity index is 998. The van der Waals surface area contributed by atoms with Crippen LogP contribution in [-0.4, -0.2) is 20.1 Å². The van der Waals surface area contributed by atoms with E-state index in [1.54, 1.807) is 0 Å². The fourth-order valence-corrected chi connectivity index (χ4v) is 5.24. The Kier molecular flexibility index (Phi) is 5.89. The van der Waals surface area contributed by atoms with Crippen LogP contribution >= 0.6 is 0 Å². The summed E-state index contributed by atoms with van der Waals surface area (Å²) < 4.78 is 6.03. The second kappa shape index (κ2) is 8.58. The maximum Gasteiger partial charge on any atom is 0.324 e. The molecule has 3 aromatic rings. The van der Waals surface area contributed by atoms with Crippen LogP contribution in [0, 0.1) is 0 Å². The monoisotopic (exact) mass is 415 g/mol.